The minimum absolute atomic E-state index is 0.133. The maximum absolute atomic E-state index is 11.0. The van der Waals surface area contributed by atoms with Crippen LogP contribution >= 0.6 is 0 Å². The number of rotatable bonds is 6. The third kappa shape index (κ3) is 5.70. The van der Waals surface area contributed by atoms with Crippen LogP contribution in [0.2, 0.25) is 0 Å². The van der Waals surface area contributed by atoms with Crippen molar-refractivity contribution in [2.24, 2.45) is 10.2 Å². The van der Waals surface area contributed by atoms with Gasteiger partial charge in [0.15, 0.2) is 0 Å². The molecule has 0 bridgehead atoms. The molecular weight excluding hydrogens is 186 g/mol. The molecule has 14 heavy (non-hydrogen) atoms. The van der Waals surface area contributed by atoms with Gasteiger partial charge in [0.25, 0.3) is 0 Å². The van der Waals surface area contributed by atoms with E-state index < -0.39 is 0 Å². The maximum atomic E-state index is 11.0. The summed E-state index contributed by atoms with van der Waals surface area (Å²) in [5, 5.41) is 6.61. The van der Waals surface area contributed by atoms with Gasteiger partial charge in [0, 0.05) is 42.9 Å². The molecule has 0 heterocycles. The Morgan fingerprint density at radius 2 is 1.64 bits per heavy atom. The van der Waals surface area contributed by atoms with E-state index in [9.17, 15) is 4.79 Å². The van der Waals surface area contributed by atoms with Crippen molar-refractivity contribution in [3.05, 3.63) is 20.9 Å². The summed E-state index contributed by atoms with van der Waals surface area (Å²) in [6.45, 7) is 2.56. The molecule has 0 aliphatic carbocycles. The topological polar surface area (TPSA) is 118 Å². The van der Waals surface area contributed by atoms with Crippen molar-refractivity contribution in [1.82, 2.24) is 4.90 Å². The van der Waals surface area contributed by atoms with Gasteiger partial charge >= 0.3 is 0 Å². The molecule has 0 unspecified atom stereocenters. The fraction of sp³-hybridized carbons (Fsp3) is 0.833. The maximum Gasteiger partial charge on any atom is 0.219 e. The summed E-state index contributed by atoms with van der Waals surface area (Å²) >= 11 is 0. The fourth-order valence-electron chi connectivity index (χ4n) is 0.847. The molecule has 76 valence electrons. The van der Waals surface area contributed by atoms with E-state index in [0.29, 0.717) is 13.1 Å². The summed E-state index contributed by atoms with van der Waals surface area (Å²) in [6, 6.07) is 0. The minimum atomic E-state index is -0.133. The Morgan fingerprint density at radius 1 is 1.21 bits per heavy atom. The molecule has 0 aromatic carbocycles. The summed E-state index contributed by atoms with van der Waals surface area (Å²) in [7, 11) is 0. The molecule has 8 heteroatoms. The van der Waals surface area contributed by atoms with Crippen molar-refractivity contribution in [1.29, 1.82) is 0 Å². The molecule has 0 saturated heterocycles. The normalized spacial score (nSPS) is 8.36. The first kappa shape index (κ1) is 12.1. The molecule has 0 fully saturated rings. The zero-order valence-electron chi connectivity index (χ0n) is 7.87. The number of carbonyl (C=O) groups excluding carboxylic acids is 1. The third-order valence-corrected chi connectivity index (χ3v) is 1.51. The van der Waals surface area contributed by atoms with E-state index in [1.807, 2.05) is 0 Å². The quantitative estimate of drug-likeness (QED) is 0.357. The Labute approximate surface area is 80.8 Å². The van der Waals surface area contributed by atoms with Gasteiger partial charge in [0.1, 0.15) is 0 Å². The highest BCUT2D eigenvalue weighted by Crippen LogP contribution is 1.90. The Balaban J connectivity index is 3.95. The van der Waals surface area contributed by atoms with Crippen LogP contribution < -0.4 is 0 Å². The second-order valence-electron chi connectivity index (χ2n) is 2.42. The van der Waals surface area contributed by atoms with Crippen molar-refractivity contribution < 1.29 is 4.79 Å². The van der Waals surface area contributed by atoms with Crippen molar-refractivity contribution in [2.75, 3.05) is 26.2 Å². The molecule has 0 spiro atoms. The number of nitrogens with zero attached hydrogens (tertiary/aromatic N) is 7. The van der Waals surface area contributed by atoms with Crippen LogP contribution in [0, 0.1) is 0 Å². The second-order valence-corrected chi connectivity index (χ2v) is 2.42. The van der Waals surface area contributed by atoms with Gasteiger partial charge in [-0.1, -0.05) is 10.2 Å². The Hall–Kier alpha value is -1.91. The highest BCUT2D eigenvalue weighted by Gasteiger charge is 2.05. The lowest BCUT2D eigenvalue weighted by atomic mass is 10.4. The number of azide groups is 2. The van der Waals surface area contributed by atoms with Crippen molar-refractivity contribution in [3.63, 3.8) is 0 Å². The lowest BCUT2D eigenvalue weighted by molar-refractivity contribution is -0.128. The molecule has 0 saturated carbocycles. The highest BCUT2D eigenvalue weighted by molar-refractivity contribution is 5.73. The summed E-state index contributed by atoms with van der Waals surface area (Å²) in [5.74, 6) is -0.133. The van der Waals surface area contributed by atoms with Crippen LogP contribution in [0.3, 0.4) is 0 Å². The molecule has 0 aliphatic heterocycles. The van der Waals surface area contributed by atoms with Crippen molar-refractivity contribution in [2.45, 2.75) is 6.92 Å². The molecule has 8 nitrogen and oxygen atoms in total. The SMILES string of the molecule is CC(=O)N(CCN=[N+]=[N-])CCN=[N+]=[N-]. The van der Waals surface area contributed by atoms with E-state index in [0.717, 1.165) is 0 Å². The molecule has 0 aromatic rings. The van der Waals surface area contributed by atoms with Gasteiger partial charge in [-0.2, -0.15) is 0 Å². The summed E-state index contributed by atoms with van der Waals surface area (Å²) in [4.78, 5) is 17.6. The van der Waals surface area contributed by atoms with Crippen LogP contribution in [0.25, 0.3) is 20.9 Å². The van der Waals surface area contributed by atoms with Gasteiger partial charge in [-0.05, 0) is 11.1 Å². The van der Waals surface area contributed by atoms with Crippen molar-refractivity contribution in [3.8, 4) is 0 Å². The van der Waals surface area contributed by atoms with E-state index in [1.54, 1.807) is 0 Å². The van der Waals surface area contributed by atoms with E-state index in [2.05, 4.69) is 20.1 Å². The predicted octanol–water partition coefficient (Wildman–Crippen LogP) is 1.46. The van der Waals surface area contributed by atoms with Gasteiger partial charge in [-0.25, -0.2) is 0 Å². The van der Waals surface area contributed by atoms with E-state index >= 15 is 0 Å². The molecule has 0 rings (SSSR count). The zero-order valence-corrected chi connectivity index (χ0v) is 7.87. The average Bonchev–Trinajstić information content (AvgIpc) is 2.15. The van der Waals surface area contributed by atoms with Crippen LogP contribution in [-0.4, -0.2) is 37.0 Å². The van der Waals surface area contributed by atoms with Crippen LogP contribution in [0.5, 0.6) is 0 Å². The van der Waals surface area contributed by atoms with Crippen LogP contribution in [0.15, 0.2) is 10.2 Å². The molecule has 0 radical (unpaired) electrons. The van der Waals surface area contributed by atoms with Gasteiger partial charge in [0.2, 0.25) is 5.91 Å². The Bertz CT molecular complexity index is 254. The summed E-state index contributed by atoms with van der Waals surface area (Å²) in [6.07, 6.45) is 0. The first-order chi connectivity index (χ1) is 6.72. The molecular formula is C6H11N7O. The van der Waals surface area contributed by atoms with Crippen LogP contribution in [-0.2, 0) is 4.79 Å². The fourth-order valence-corrected chi connectivity index (χ4v) is 0.847. The minimum Gasteiger partial charge on any atom is -0.343 e. The molecule has 0 N–H and O–H groups in total. The smallest absolute Gasteiger partial charge is 0.219 e. The number of carbonyl (C=O) groups is 1. The highest BCUT2D eigenvalue weighted by atomic mass is 16.2. The zero-order chi connectivity index (χ0) is 10.8. The lowest BCUT2D eigenvalue weighted by Gasteiger charge is -2.18. The van der Waals surface area contributed by atoms with Crippen LogP contribution in [0.4, 0.5) is 0 Å². The largest absolute Gasteiger partial charge is 0.343 e. The number of amides is 1. The molecule has 0 aliphatic rings. The standard InChI is InChI=1S/C6H11N7O/c1-6(14)13(4-2-9-11-7)5-3-10-12-8/h2-5H2,1H3. The second kappa shape index (κ2) is 7.72. The third-order valence-electron chi connectivity index (χ3n) is 1.51. The number of hydrogen-bond donors (Lipinski definition) is 0. The predicted molar refractivity (Wildman–Crippen MR) is 50.3 cm³/mol. The van der Waals surface area contributed by atoms with Crippen molar-refractivity contribution >= 4 is 5.91 Å². The van der Waals surface area contributed by atoms with Gasteiger partial charge < -0.3 is 4.90 Å². The van der Waals surface area contributed by atoms with Crippen LogP contribution in [0.1, 0.15) is 6.92 Å². The first-order valence-corrected chi connectivity index (χ1v) is 3.99. The van der Waals surface area contributed by atoms with Gasteiger partial charge in [0.05, 0.1) is 0 Å². The Morgan fingerprint density at radius 3 is 1.93 bits per heavy atom. The summed E-state index contributed by atoms with van der Waals surface area (Å²) in [5.41, 5.74) is 16.0. The van der Waals surface area contributed by atoms with Gasteiger partial charge in [-0.3, -0.25) is 4.79 Å². The summed E-state index contributed by atoms with van der Waals surface area (Å²) < 4.78 is 0. The van der Waals surface area contributed by atoms with E-state index in [1.165, 1.54) is 11.8 Å². The van der Waals surface area contributed by atoms with Gasteiger partial charge in [-0.15, -0.1) is 0 Å². The van der Waals surface area contributed by atoms with E-state index in [4.69, 9.17) is 11.1 Å². The lowest BCUT2D eigenvalue weighted by Crippen LogP contribution is -2.33. The number of hydrogen-bond acceptors (Lipinski definition) is 3. The molecule has 0 atom stereocenters. The molecule has 0 aromatic heterocycles. The first-order valence-electron chi connectivity index (χ1n) is 3.99. The van der Waals surface area contributed by atoms with E-state index in [-0.39, 0.29) is 19.0 Å². The average molecular weight is 197 g/mol. The Kier molecular flexibility index (Phi) is 6.67. The molecule has 1 amide bonds. The monoisotopic (exact) mass is 197 g/mol.